The van der Waals surface area contributed by atoms with Gasteiger partial charge in [-0.25, -0.2) is 0 Å². The number of amides is 1. The van der Waals surface area contributed by atoms with E-state index in [4.69, 9.17) is 10.5 Å². The summed E-state index contributed by atoms with van der Waals surface area (Å²) in [7, 11) is 0. The van der Waals surface area contributed by atoms with E-state index in [1.165, 1.54) is 5.56 Å². The highest BCUT2D eigenvalue weighted by molar-refractivity contribution is 5.81. The van der Waals surface area contributed by atoms with Gasteiger partial charge in [-0.05, 0) is 24.3 Å². The van der Waals surface area contributed by atoms with Crippen LogP contribution in [0.2, 0.25) is 0 Å². The number of benzene rings is 1. The fraction of sp³-hybridized carbons (Fsp3) is 0.588. The third kappa shape index (κ3) is 4.29. The Morgan fingerprint density at radius 3 is 2.76 bits per heavy atom. The third-order valence-corrected chi connectivity index (χ3v) is 4.13. The van der Waals surface area contributed by atoms with Crippen LogP contribution in [0, 0.1) is 11.8 Å². The van der Waals surface area contributed by atoms with Gasteiger partial charge in [-0.3, -0.25) is 4.79 Å². The summed E-state index contributed by atoms with van der Waals surface area (Å²) in [6.45, 7) is 5.33. The van der Waals surface area contributed by atoms with E-state index >= 15 is 0 Å². The Morgan fingerprint density at radius 1 is 1.38 bits per heavy atom. The lowest BCUT2D eigenvalue weighted by molar-refractivity contribution is -0.124. The molecular formula is C17H26N2O2. The predicted octanol–water partition coefficient (Wildman–Crippen LogP) is 2.25. The van der Waals surface area contributed by atoms with Crippen molar-refractivity contribution in [1.82, 2.24) is 5.32 Å². The SMILES string of the molecule is CC(C)[C@H](N)C(=O)NCC1CCCOC1c1ccccc1. The molecule has 4 nitrogen and oxygen atoms in total. The largest absolute Gasteiger partial charge is 0.373 e. The second-order valence-electron chi connectivity index (χ2n) is 6.12. The number of hydrogen-bond donors (Lipinski definition) is 2. The molecule has 0 bridgehead atoms. The number of ether oxygens (including phenoxy) is 1. The van der Waals surface area contributed by atoms with Crippen molar-refractivity contribution < 1.29 is 9.53 Å². The predicted molar refractivity (Wildman–Crippen MR) is 83.7 cm³/mol. The van der Waals surface area contributed by atoms with Gasteiger partial charge >= 0.3 is 0 Å². The van der Waals surface area contributed by atoms with Gasteiger partial charge in [0.15, 0.2) is 0 Å². The molecular weight excluding hydrogens is 264 g/mol. The zero-order valence-electron chi connectivity index (χ0n) is 12.9. The first kappa shape index (κ1) is 16.0. The number of nitrogens with two attached hydrogens (primary N) is 1. The topological polar surface area (TPSA) is 64.4 Å². The highest BCUT2D eigenvalue weighted by Crippen LogP contribution is 2.33. The first-order valence-corrected chi connectivity index (χ1v) is 7.79. The molecule has 3 atom stereocenters. The fourth-order valence-electron chi connectivity index (χ4n) is 2.72. The number of nitrogens with one attached hydrogen (secondary N) is 1. The molecule has 0 saturated carbocycles. The van der Waals surface area contributed by atoms with Crippen LogP contribution >= 0.6 is 0 Å². The molecule has 116 valence electrons. The van der Waals surface area contributed by atoms with Crippen LogP contribution in [0.15, 0.2) is 30.3 Å². The molecule has 1 aromatic rings. The van der Waals surface area contributed by atoms with E-state index in [0.717, 1.165) is 19.4 Å². The van der Waals surface area contributed by atoms with Crippen LogP contribution in [-0.2, 0) is 9.53 Å². The number of carbonyl (C=O) groups is 1. The van der Waals surface area contributed by atoms with Crippen LogP contribution in [0.25, 0.3) is 0 Å². The maximum Gasteiger partial charge on any atom is 0.237 e. The minimum atomic E-state index is -0.440. The molecule has 1 fully saturated rings. The molecule has 1 heterocycles. The van der Waals surface area contributed by atoms with E-state index in [1.807, 2.05) is 32.0 Å². The van der Waals surface area contributed by atoms with Gasteiger partial charge in [-0.1, -0.05) is 44.2 Å². The molecule has 2 rings (SSSR count). The second-order valence-corrected chi connectivity index (χ2v) is 6.12. The van der Waals surface area contributed by atoms with Crippen LogP contribution in [0.1, 0.15) is 38.4 Å². The van der Waals surface area contributed by atoms with Crippen molar-refractivity contribution in [1.29, 1.82) is 0 Å². The van der Waals surface area contributed by atoms with Gasteiger partial charge in [0.05, 0.1) is 12.1 Å². The molecule has 0 spiro atoms. The van der Waals surface area contributed by atoms with Crippen molar-refractivity contribution in [3.8, 4) is 0 Å². The standard InChI is InChI=1S/C17H26N2O2/c1-12(2)15(18)17(20)19-11-14-9-6-10-21-16(14)13-7-4-3-5-8-13/h3-5,7-8,12,14-16H,6,9-11,18H2,1-2H3,(H,19,20)/t14?,15-,16?/m0/s1. The van der Waals surface area contributed by atoms with E-state index in [2.05, 4.69) is 17.4 Å². The van der Waals surface area contributed by atoms with Crippen LogP contribution < -0.4 is 11.1 Å². The first-order chi connectivity index (χ1) is 10.1. The molecule has 0 aliphatic carbocycles. The zero-order valence-corrected chi connectivity index (χ0v) is 12.9. The highest BCUT2D eigenvalue weighted by Gasteiger charge is 2.28. The fourth-order valence-corrected chi connectivity index (χ4v) is 2.72. The molecule has 1 amide bonds. The lowest BCUT2D eigenvalue weighted by atomic mass is 9.89. The van der Waals surface area contributed by atoms with Crippen LogP contribution in [0.3, 0.4) is 0 Å². The molecule has 4 heteroatoms. The zero-order chi connectivity index (χ0) is 15.2. The molecule has 21 heavy (non-hydrogen) atoms. The maximum atomic E-state index is 12.0. The Kier molecular flexibility index (Phi) is 5.76. The summed E-state index contributed by atoms with van der Waals surface area (Å²) in [5.41, 5.74) is 7.06. The third-order valence-electron chi connectivity index (χ3n) is 4.13. The minimum Gasteiger partial charge on any atom is -0.373 e. The normalized spacial score (nSPS) is 23.8. The van der Waals surface area contributed by atoms with Crippen molar-refractivity contribution in [3.63, 3.8) is 0 Å². The summed E-state index contributed by atoms with van der Waals surface area (Å²) < 4.78 is 5.93. The molecule has 3 N–H and O–H groups in total. The van der Waals surface area contributed by atoms with Crippen molar-refractivity contribution in [2.24, 2.45) is 17.6 Å². The van der Waals surface area contributed by atoms with E-state index in [0.29, 0.717) is 12.5 Å². The monoisotopic (exact) mass is 290 g/mol. The van der Waals surface area contributed by atoms with E-state index < -0.39 is 6.04 Å². The molecule has 0 radical (unpaired) electrons. The Hall–Kier alpha value is -1.39. The number of carbonyl (C=O) groups excluding carboxylic acids is 1. The van der Waals surface area contributed by atoms with Crippen molar-refractivity contribution in [2.45, 2.75) is 38.8 Å². The summed E-state index contributed by atoms with van der Waals surface area (Å²) in [6, 6.07) is 9.79. The van der Waals surface area contributed by atoms with Gasteiger partial charge in [0, 0.05) is 19.1 Å². The molecule has 0 aromatic heterocycles. The molecule has 1 aromatic carbocycles. The van der Waals surface area contributed by atoms with E-state index in [9.17, 15) is 4.79 Å². The van der Waals surface area contributed by atoms with Gasteiger partial charge in [0.25, 0.3) is 0 Å². The summed E-state index contributed by atoms with van der Waals surface area (Å²) in [5, 5.41) is 2.99. The molecule has 1 saturated heterocycles. The quantitative estimate of drug-likeness (QED) is 0.874. The minimum absolute atomic E-state index is 0.0653. The lowest BCUT2D eigenvalue weighted by Gasteiger charge is -2.32. The second kappa shape index (κ2) is 7.57. The van der Waals surface area contributed by atoms with Gasteiger partial charge in [0.1, 0.15) is 0 Å². The van der Waals surface area contributed by atoms with E-state index in [-0.39, 0.29) is 17.9 Å². The van der Waals surface area contributed by atoms with Crippen LogP contribution in [0.5, 0.6) is 0 Å². The Balaban J connectivity index is 1.95. The number of hydrogen-bond acceptors (Lipinski definition) is 3. The Morgan fingerprint density at radius 2 is 2.10 bits per heavy atom. The van der Waals surface area contributed by atoms with E-state index in [1.54, 1.807) is 0 Å². The van der Waals surface area contributed by atoms with Crippen molar-refractivity contribution in [3.05, 3.63) is 35.9 Å². The Labute approximate surface area is 127 Å². The van der Waals surface area contributed by atoms with Crippen molar-refractivity contribution >= 4 is 5.91 Å². The summed E-state index contributed by atoms with van der Waals surface area (Å²) in [5.74, 6) is 0.393. The maximum absolute atomic E-state index is 12.0. The molecule has 1 aliphatic heterocycles. The summed E-state index contributed by atoms with van der Waals surface area (Å²) >= 11 is 0. The first-order valence-electron chi connectivity index (χ1n) is 7.79. The van der Waals surface area contributed by atoms with Crippen LogP contribution in [-0.4, -0.2) is 25.1 Å². The average molecular weight is 290 g/mol. The summed E-state index contributed by atoms with van der Waals surface area (Å²) in [6.07, 6.45) is 2.17. The Bertz CT molecular complexity index is 447. The van der Waals surface area contributed by atoms with Crippen molar-refractivity contribution in [2.75, 3.05) is 13.2 Å². The highest BCUT2D eigenvalue weighted by atomic mass is 16.5. The van der Waals surface area contributed by atoms with Crippen LogP contribution in [0.4, 0.5) is 0 Å². The smallest absolute Gasteiger partial charge is 0.237 e. The van der Waals surface area contributed by atoms with Gasteiger partial charge < -0.3 is 15.8 Å². The average Bonchev–Trinajstić information content (AvgIpc) is 2.52. The number of rotatable bonds is 5. The lowest BCUT2D eigenvalue weighted by Crippen LogP contribution is -2.46. The summed E-state index contributed by atoms with van der Waals surface area (Å²) in [4.78, 5) is 12.0. The van der Waals surface area contributed by atoms with Gasteiger partial charge in [0.2, 0.25) is 5.91 Å². The molecule has 2 unspecified atom stereocenters. The molecule has 1 aliphatic rings. The van der Waals surface area contributed by atoms with Gasteiger partial charge in [-0.2, -0.15) is 0 Å². The van der Waals surface area contributed by atoms with Gasteiger partial charge in [-0.15, -0.1) is 0 Å².